The minimum absolute atomic E-state index is 0.675. The topological polar surface area (TPSA) is 43.5 Å². The van der Waals surface area contributed by atoms with Crippen LogP contribution in [0.25, 0.3) is 0 Å². The van der Waals surface area contributed by atoms with Gasteiger partial charge in [0.05, 0.1) is 12.6 Å². The standard InChI is InChI=1S/C11H17N3/c1-2-9-14-10-8-13-11(14)6-4-3-5-7-12/h8,10H,2-6,9H2,1H3/p+1. The lowest BCUT2D eigenvalue weighted by atomic mass is 10.2. The van der Waals surface area contributed by atoms with E-state index in [4.69, 9.17) is 5.26 Å². The Kier molecular flexibility index (Phi) is 4.77. The van der Waals surface area contributed by atoms with Crippen LogP contribution in [0.15, 0.2) is 12.4 Å². The maximum absolute atomic E-state index is 8.40. The Labute approximate surface area is 85.4 Å². The van der Waals surface area contributed by atoms with Gasteiger partial charge in [-0.2, -0.15) is 5.26 Å². The molecule has 0 fully saturated rings. The summed E-state index contributed by atoms with van der Waals surface area (Å²) in [7, 11) is 0. The van der Waals surface area contributed by atoms with Crippen LogP contribution >= 0.6 is 0 Å². The molecule has 3 heteroatoms. The molecule has 0 atom stereocenters. The number of aromatic nitrogens is 2. The smallest absolute Gasteiger partial charge is 0.248 e. The summed E-state index contributed by atoms with van der Waals surface area (Å²) in [6.07, 6.45) is 9.05. The van der Waals surface area contributed by atoms with Crippen molar-refractivity contribution in [2.45, 2.75) is 45.6 Å². The first-order valence-electron chi connectivity index (χ1n) is 5.31. The van der Waals surface area contributed by atoms with Crippen molar-refractivity contribution >= 4 is 0 Å². The maximum Gasteiger partial charge on any atom is 0.254 e. The van der Waals surface area contributed by atoms with E-state index in [1.54, 1.807) is 0 Å². The normalized spacial score (nSPS) is 10.0. The molecule has 0 spiro atoms. The molecule has 0 saturated heterocycles. The van der Waals surface area contributed by atoms with Gasteiger partial charge in [0.2, 0.25) is 0 Å². The fraction of sp³-hybridized carbons (Fsp3) is 0.636. The van der Waals surface area contributed by atoms with Crippen LogP contribution in [0.3, 0.4) is 0 Å². The Morgan fingerprint density at radius 2 is 2.36 bits per heavy atom. The van der Waals surface area contributed by atoms with Crippen LogP contribution in [-0.4, -0.2) is 4.98 Å². The zero-order chi connectivity index (χ0) is 10.2. The quantitative estimate of drug-likeness (QED) is 0.543. The van der Waals surface area contributed by atoms with E-state index in [1.807, 2.05) is 6.20 Å². The first kappa shape index (κ1) is 10.8. The number of nitrogens with zero attached hydrogens (tertiary/aromatic N) is 2. The van der Waals surface area contributed by atoms with E-state index >= 15 is 0 Å². The number of unbranched alkanes of at least 4 members (excludes halogenated alkanes) is 2. The fourth-order valence-corrected chi connectivity index (χ4v) is 1.56. The molecule has 0 bridgehead atoms. The van der Waals surface area contributed by atoms with Gasteiger partial charge in [-0.15, -0.1) is 0 Å². The molecule has 3 nitrogen and oxygen atoms in total. The molecule has 0 radical (unpaired) electrons. The molecule has 1 aromatic heterocycles. The van der Waals surface area contributed by atoms with Crippen molar-refractivity contribution < 1.29 is 4.57 Å². The summed E-state index contributed by atoms with van der Waals surface area (Å²) in [5, 5.41) is 8.40. The number of aryl methyl sites for hydroxylation is 2. The van der Waals surface area contributed by atoms with Crippen molar-refractivity contribution in [1.82, 2.24) is 4.98 Å². The zero-order valence-electron chi connectivity index (χ0n) is 8.79. The minimum Gasteiger partial charge on any atom is -0.248 e. The Morgan fingerprint density at radius 3 is 3.07 bits per heavy atom. The van der Waals surface area contributed by atoms with Crippen LogP contribution < -0.4 is 4.57 Å². The number of imidazole rings is 1. The van der Waals surface area contributed by atoms with Gasteiger partial charge in [-0.25, -0.2) is 9.55 Å². The van der Waals surface area contributed by atoms with Gasteiger partial charge in [-0.1, -0.05) is 6.92 Å². The molecule has 14 heavy (non-hydrogen) atoms. The van der Waals surface area contributed by atoms with Crippen molar-refractivity contribution in [3.05, 3.63) is 18.2 Å². The molecule has 1 N–H and O–H groups in total. The molecule has 76 valence electrons. The Balaban J connectivity index is 2.34. The summed E-state index contributed by atoms with van der Waals surface area (Å²) < 4.78 is 2.26. The van der Waals surface area contributed by atoms with Crippen molar-refractivity contribution in [2.24, 2.45) is 0 Å². The highest BCUT2D eigenvalue weighted by Gasteiger charge is 2.08. The number of nitrogens with one attached hydrogen (secondary N) is 1. The average molecular weight is 192 g/mol. The van der Waals surface area contributed by atoms with E-state index in [0.29, 0.717) is 6.42 Å². The van der Waals surface area contributed by atoms with Crippen LogP contribution in [0.4, 0.5) is 0 Å². The highest BCUT2D eigenvalue weighted by atomic mass is 15.1. The molecular weight excluding hydrogens is 174 g/mol. The second-order valence-electron chi connectivity index (χ2n) is 3.47. The molecule has 0 aromatic carbocycles. The van der Waals surface area contributed by atoms with Gasteiger partial charge in [-0.05, 0) is 19.3 Å². The summed E-state index contributed by atoms with van der Waals surface area (Å²) in [5.41, 5.74) is 0. The molecule has 0 saturated carbocycles. The first-order chi connectivity index (χ1) is 6.88. The lowest BCUT2D eigenvalue weighted by Gasteiger charge is -1.97. The molecular formula is C11H18N3+. The summed E-state index contributed by atoms with van der Waals surface area (Å²) >= 11 is 0. The molecule has 0 aliphatic heterocycles. The molecule has 0 aliphatic carbocycles. The van der Waals surface area contributed by atoms with Gasteiger partial charge in [-0.3, -0.25) is 0 Å². The fourth-order valence-electron chi connectivity index (χ4n) is 1.56. The Morgan fingerprint density at radius 1 is 1.50 bits per heavy atom. The van der Waals surface area contributed by atoms with E-state index in [1.165, 1.54) is 5.82 Å². The molecule has 1 heterocycles. The number of hydrogen-bond donors (Lipinski definition) is 1. The third-order valence-corrected chi connectivity index (χ3v) is 2.27. The maximum atomic E-state index is 8.40. The van der Waals surface area contributed by atoms with Crippen molar-refractivity contribution in [1.29, 1.82) is 5.26 Å². The van der Waals surface area contributed by atoms with Crippen molar-refractivity contribution in [3.63, 3.8) is 0 Å². The second kappa shape index (κ2) is 6.20. The third kappa shape index (κ3) is 3.21. The monoisotopic (exact) mass is 192 g/mol. The summed E-state index contributed by atoms with van der Waals surface area (Å²) in [5.74, 6) is 1.28. The van der Waals surface area contributed by atoms with Gasteiger partial charge in [0.25, 0.3) is 5.82 Å². The van der Waals surface area contributed by atoms with Gasteiger partial charge in [0.1, 0.15) is 12.4 Å². The Bertz CT molecular complexity index is 296. The van der Waals surface area contributed by atoms with E-state index in [0.717, 1.165) is 32.2 Å². The number of nitriles is 1. The average Bonchev–Trinajstić information content (AvgIpc) is 2.61. The van der Waals surface area contributed by atoms with Gasteiger partial charge >= 0.3 is 0 Å². The molecule has 0 unspecified atom stereocenters. The predicted molar refractivity (Wildman–Crippen MR) is 54.4 cm³/mol. The van der Waals surface area contributed by atoms with E-state index in [9.17, 15) is 0 Å². The number of hydrogen-bond acceptors (Lipinski definition) is 1. The van der Waals surface area contributed by atoms with Crippen LogP contribution in [0.2, 0.25) is 0 Å². The zero-order valence-corrected chi connectivity index (χ0v) is 8.79. The largest absolute Gasteiger partial charge is 0.254 e. The van der Waals surface area contributed by atoms with E-state index in [-0.39, 0.29) is 0 Å². The second-order valence-corrected chi connectivity index (χ2v) is 3.47. The molecule has 1 aromatic rings. The number of H-pyrrole nitrogens is 1. The Hall–Kier alpha value is -1.30. The van der Waals surface area contributed by atoms with Crippen LogP contribution in [0, 0.1) is 11.3 Å². The molecule has 0 aliphatic rings. The van der Waals surface area contributed by atoms with Gasteiger partial charge in [0.15, 0.2) is 0 Å². The molecule has 0 amide bonds. The summed E-state index contributed by atoms with van der Waals surface area (Å²) in [6.45, 7) is 3.26. The van der Waals surface area contributed by atoms with Crippen LogP contribution in [0.1, 0.15) is 38.4 Å². The van der Waals surface area contributed by atoms with E-state index < -0.39 is 0 Å². The minimum atomic E-state index is 0.675. The first-order valence-corrected chi connectivity index (χ1v) is 5.31. The summed E-state index contributed by atoms with van der Waals surface area (Å²) in [6, 6.07) is 2.17. The third-order valence-electron chi connectivity index (χ3n) is 2.27. The van der Waals surface area contributed by atoms with Crippen LogP contribution in [0.5, 0.6) is 0 Å². The van der Waals surface area contributed by atoms with Crippen LogP contribution in [-0.2, 0) is 13.0 Å². The molecule has 1 rings (SSSR count). The number of aromatic amines is 1. The lowest BCUT2D eigenvalue weighted by molar-refractivity contribution is -0.702. The van der Waals surface area contributed by atoms with E-state index in [2.05, 4.69) is 28.7 Å². The van der Waals surface area contributed by atoms with Crippen molar-refractivity contribution in [3.8, 4) is 6.07 Å². The highest BCUT2D eigenvalue weighted by molar-refractivity contribution is 4.78. The SMILES string of the molecule is CCC[n+]1cc[nH]c1CCCCC#N. The van der Waals surface area contributed by atoms with Gasteiger partial charge < -0.3 is 0 Å². The number of rotatable bonds is 6. The summed E-state index contributed by atoms with van der Waals surface area (Å²) in [4.78, 5) is 3.25. The highest BCUT2D eigenvalue weighted by Crippen LogP contribution is 2.00. The predicted octanol–water partition coefficient (Wildman–Crippen LogP) is 1.95. The lowest BCUT2D eigenvalue weighted by Crippen LogP contribution is -2.35. The van der Waals surface area contributed by atoms with Gasteiger partial charge in [0, 0.05) is 12.8 Å². The van der Waals surface area contributed by atoms with Crippen molar-refractivity contribution in [2.75, 3.05) is 0 Å².